The third-order valence-corrected chi connectivity index (χ3v) is 14.8. The molecule has 22 heteroatoms. The van der Waals surface area contributed by atoms with Gasteiger partial charge in [-0.15, -0.1) is 0 Å². The van der Waals surface area contributed by atoms with Crippen molar-refractivity contribution >= 4 is 70.1 Å². The van der Waals surface area contributed by atoms with Gasteiger partial charge in [0.2, 0.25) is 0 Å². The predicted octanol–water partition coefficient (Wildman–Crippen LogP) is 15.4. The molecule has 6 aromatic carbocycles. The largest absolute Gasteiger partial charge is 0.493 e. The zero-order valence-corrected chi connectivity index (χ0v) is 58.3. The number of carbonyl (C=O) groups excluding carboxylic acids is 2. The van der Waals surface area contributed by atoms with Gasteiger partial charge < -0.3 is 38.8 Å². The van der Waals surface area contributed by atoms with Crippen LogP contribution in [0.25, 0.3) is 0 Å². The third-order valence-electron chi connectivity index (χ3n) is 12.7. The second kappa shape index (κ2) is 35.6. The fourth-order valence-electron chi connectivity index (χ4n) is 8.63. The van der Waals surface area contributed by atoms with Gasteiger partial charge in [-0.1, -0.05) is 96.3 Å². The van der Waals surface area contributed by atoms with E-state index in [0.29, 0.717) is 67.3 Å². The minimum atomic E-state index is -3.85. The normalized spacial score (nSPS) is 12.6. The summed E-state index contributed by atoms with van der Waals surface area (Å²) < 4.78 is 104. The summed E-state index contributed by atoms with van der Waals surface area (Å²) in [6.07, 6.45) is 0.996. The van der Waals surface area contributed by atoms with Gasteiger partial charge in [0.25, 0.3) is 10.1 Å². The van der Waals surface area contributed by atoms with E-state index in [1.807, 2.05) is 126 Å². The van der Waals surface area contributed by atoms with Gasteiger partial charge in [0.15, 0.2) is 0 Å². The third kappa shape index (κ3) is 26.4. The summed E-state index contributed by atoms with van der Waals surface area (Å²) in [5.41, 5.74) is 2.74. The predicted molar refractivity (Wildman–Crippen MR) is 352 cm³/mol. The zero-order valence-electron chi connectivity index (χ0n) is 52.8. The van der Waals surface area contributed by atoms with E-state index in [1.54, 1.807) is 77.3 Å². The zero-order chi connectivity index (χ0) is 65.5. The lowest BCUT2D eigenvalue weighted by Gasteiger charge is -2.26. The van der Waals surface area contributed by atoms with Gasteiger partial charge >= 0.3 is 12.2 Å². The topological polar surface area (TPSA) is 149 Å². The lowest BCUT2D eigenvalue weighted by molar-refractivity contribution is 0.0281. The fraction of sp³-hybridized carbons (Fsp3) is 0.424. The Labute approximate surface area is 544 Å². The number of nitrogens with zero attached hydrogens (tertiary/aromatic N) is 4. The first kappa shape index (κ1) is 74.7. The van der Waals surface area contributed by atoms with Gasteiger partial charge in [0.1, 0.15) is 52.0 Å². The molecule has 0 aliphatic heterocycles. The average molecular weight is 1440 g/mol. The first-order valence-corrected chi connectivity index (χ1v) is 32.7. The van der Waals surface area contributed by atoms with Crippen LogP contribution in [0.15, 0.2) is 141 Å². The Kier molecular flexibility index (Phi) is 30.2. The highest BCUT2D eigenvalue weighted by Crippen LogP contribution is 2.35. The highest BCUT2D eigenvalue weighted by molar-refractivity contribution is 9.11. The van der Waals surface area contributed by atoms with Crippen LogP contribution in [0.4, 0.5) is 22.8 Å². The molecule has 0 fully saturated rings. The molecule has 0 spiro atoms. The lowest BCUT2D eigenvalue weighted by atomic mass is 9.97. The molecule has 0 aliphatic carbocycles. The molecule has 0 heterocycles. The Morgan fingerprint density at radius 2 is 0.818 bits per heavy atom. The summed E-state index contributed by atoms with van der Waals surface area (Å²) in [5.74, 6) is 0.0999. The van der Waals surface area contributed by atoms with Gasteiger partial charge in [-0.2, -0.15) is 8.42 Å². The van der Waals surface area contributed by atoms with E-state index in [4.69, 9.17) is 27.9 Å². The van der Waals surface area contributed by atoms with Crippen LogP contribution in [0, 0.1) is 17.5 Å². The summed E-state index contributed by atoms with van der Waals surface area (Å²) >= 11 is 10.2. The summed E-state index contributed by atoms with van der Waals surface area (Å²) in [6, 6.07) is 36.5. The number of ether oxygens (including phenoxy) is 5. The van der Waals surface area contributed by atoms with Crippen molar-refractivity contribution in [2.75, 3.05) is 95.0 Å². The number of hydrogen-bond donors (Lipinski definition) is 1. The Bertz CT molecular complexity index is 3250. The highest BCUT2D eigenvalue weighted by atomic mass is 79.9. The molecule has 0 saturated carbocycles. The van der Waals surface area contributed by atoms with Crippen LogP contribution in [0.3, 0.4) is 0 Å². The van der Waals surface area contributed by atoms with Gasteiger partial charge in [0.05, 0.1) is 38.2 Å². The number of benzene rings is 6. The van der Waals surface area contributed by atoms with E-state index in [0.717, 1.165) is 43.8 Å². The minimum Gasteiger partial charge on any atom is -0.493 e. The van der Waals surface area contributed by atoms with Crippen molar-refractivity contribution in [1.29, 1.82) is 0 Å². The molecular formula is C66H85Br3F3N5O10S. The van der Waals surface area contributed by atoms with Crippen LogP contribution in [0.5, 0.6) is 17.2 Å². The van der Waals surface area contributed by atoms with E-state index >= 15 is 0 Å². The summed E-state index contributed by atoms with van der Waals surface area (Å²) in [6.45, 7) is 13.8. The molecule has 15 nitrogen and oxygen atoms in total. The monoisotopic (exact) mass is 1430 g/mol. The van der Waals surface area contributed by atoms with Crippen LogP contribution in [-0.2, 0) is 23.8 Å². The SMILES string of the molecule is CN(CCCOc1ccc(C(OS(C)(=O)=O)c2ccc(Br)cc2)c(F)c1)C(=O)OC(C)(C)C.CN(CCCOc1ccc(C(c2ccc(Br)cc2)N(C)C)c(F)c1)C(=O)OC(C)(C)C.CNCCCOc1ccc(C(c2ccc(Br)cc2)N(C)C)c(F)c1. The first-order valence-electron chi connectivity index (χ1n) is 28.5. The minimum absolute atomic E-state index is 0.0692. The van der Waals surface area contributed by atoms with E-state index in [2.05, 4.69) is 53.1 Å². The quantitative estimate of drug-likeness (QED) is 0.0428. The van der Waals surface area contributed by atoms with Gasteiger partial charge in [0, 0.05) is 75.5 Å². The molecule has 0 saturated heterocycles. The maximum atomic E-state index is 14.9. The Hall–Kier alpha value is -5.72. The number of rotatable bonds is 25. The average Bonchev–Trinajstić information content (AvgIpc) is 1.90. The fourth-order valence-corrected chi connectivity index (χ4v) is 9.99. The maximum Gasteiger partial charge on any atom is 0.410 e. The molecule has 482 valence electrons. The van der Waals surface area contributed by atoms with Crippen LogP contribution in [-0.4, -0.2) is 146 Å². The highest BCUT2D eigenvalue weighted by Gasteiger charge is 2.26. The van der Waals surface area contributed by atoms with Crippen LogP contribution >= 0.6 is 47.8 Å². The Morgan fingerprint density at radius 1 is 0.500 bits per heavy atom. The molecular weight excluding hydrogens is 1350 g/mol. The summed E-state index contributed by atoms with van der Waals surface area (Å²) in [4.78, 5) is 30.9. The molecule has 2 amide bonds. The van der Waals surface area contributed by atoms with Gasteiger partial charge in [-0.25, -0.2) is 22.8 Å². The van der Waals surface area contributed by atoms with E-state index in [9.17, 15) is 31.2 Å². The number of nitrogens with one attached hydrogen (secondary N) is 1. The van der Waals surface area contributed by atoms with E-state index in [-0.39, 0.29) is 47.7 Å². The molecule has 6 rings (SSSR count). The van der Waals surface area contributed by atoms with E-state index in [1.165, 1.54) is 34.1 Å². The second-order valence-electron chi connectivity index (χ2n) is 23.1. The van der Waals surface area contributed by atoms with Crippen LogP contribution in [0.1, 0.15) is 112 Å². The van der Waals surface area contributed by atoms with E-state index < -0.39 is 39.3 Å². The van der Waals surface area contributed by atoms with Crippen molar-refractivity contribution in [3.05, 3.63) is 192 Å². The van der Waals surface area contributed by atoms with Crippen molar-refractivity contribution in [3.63, 3.8) is 0 Å². The molecule has 3 unspecified atom stereocenters. The van der Waals surface area contributed by atoms with Crippen molar-refractivity contribution < 1.29 is 59.0 Å². The first-order chi connectivity index (χ1) is 41.2. The molecule has 0 bridgehead atoms. The smallest absolute Gasteiger partial charge is 0.410 e. The van der Waals surface area contributed by atoms with Crippen molar-refractivity contribution in [2.24, 2.45) is 0 Å². The second-order valence-corrected chi connectivity index (χ2v) is 27.5. The Balaban J connectivity index is 0.000000286. The van der Waals surface area contributed by atoms with Gasteiger partial charge in [-0.3, -0.25) is 14.0 Å². The number of carbonyl (C=O) groups is 2. The maximum absolute atomic E-state index is 14.9. The van der Waals surface area contributed by atoms with Crippen LogP contribution in [0.2, 0.25) is 0 Å². The van der Waals surface area contributed by atoms with Crippen molar-refractivity contribution in [2.45, 2.75) is 90.2 Å². The van der Waals surface area contributed by atoms with Gasteiger partial charge in [-0.05, 0) is 180 Å². The lowest BCUT2D eigenvalue weighted by Crippen LogP contribution is -2.35. The number of amides is 2. The molecule has 1 N–H and O–H groups in total. The Morgan fingerprint density at radius 3 is 1.11 bits per heavy atom. The number of hydrogen-bond acceptors (Lipinski definition) is 13. The molecule has 3 atom stereocenters. The van der Waals surface area contributed by atoms with Crippen molar-refractivity contribution in [3.8, 4) is 17.2 Å². The molecule has 0 radical (unpaired) electrons. The molecule has 0 aliphatic rings. The molecule has 88 heavy (non-hydrogen) atoms. The standard InChI is InChI=1S/C24H32BrFN2O3.C23H29BrFNO6S.C19H24BrFN2O/c1-24(2,3)31-23(29)28(6)14-7-15-30-19-12-13-20(21(26)16-19)22(27(4)5)17-8-10-18(25)11-9-17;1-23(2,3)31-22(27)26(4)13-6-14-30-18-11-12-19(20(25)15-18)21(32-33(5,28)29)16-7-9-17(24)10-8-16;1-22-11-4-12-24-16-9-10-17(18(21)13-16)19(23(2)3)14-5-7-15(20)8-6-14/h8-13,16,22H,7,14-15H2,1-6H3;7-12,15,21H,6,13-14H2,1-5H3;5-10,13,19,22H,4,11-12H2,1-3H3. The van der Waals surface area contributed by atoms with Crippen LogP contribution < -0.4 is 19.5 Å². The summed E-state index contributed by atoms with van der Waals surface area (Å²) in [5, 5.41) is 3.06. The van der Waals surface area contributed by atoms with Crippen molar-refractivity contribution in [1.82, 2.24) is 24.9 Å². The number of halogens is 6. The molecule has 6 aromatic rings. The molecule has 0 aromatic heterocycles. The summed E-state index contributed by atoms with van der Waals surface area (Å²) in [7, 11) is 9.13.